The van der Waals surface area contributed by atoms with Gasteiger partial charge in [0.05, 0.1) is 42.2 Å². The molecule has 30 heteroatoms. The number of ketones is 1. The number of aromatic nitrogens is 7. The number of nitrogens with two attached hydrogens (primary N) is 1. The lowest BCUT2D eigenvalue weighted by Crippen LogP contribution is -2.40. The van der Waals surface area contributed by atoms with Gasteiger partial charge < -0.3 is 46.9 Å². The number of thiazole rings is 6. The summed E-state index contributed by atoms with van der Waals surface area (Å²) >= 11 is 7.22. The second-order valence-corrected chi connectivity index (χ2v) is 26.7. The maximum Gasteiger partial charge on any atom is 0.271 e. The highest BCUT2D eigenvalue weighted by Crippen LogP contribution is 2.41. The molecule has 24 nitrogen and oxygen atoms in total. The molecule has 0 saturated heterocycles. The van der Waals surface area contributed by atoms with Crippen LogP contribution in [0.25, 0.3) is 43.4 Å². The lowest BCUT2D eigenvalue weighted by molar-refractivity contribution is -0.131. The number of aliphatic hydroxyl groups is 1. The maximum absolute atomic E-state index is 14.4. The molecule has 10 bridgehead atoms. The molecule has 450 valence electrons. The van der Waals surface area contributed by atoms with Crippen LogP contribution in [0.4, 0.5) is 0 Å². The summed E-state index contributed by atoms with van der Waals surface area (Å²) in [6, 6.07) is 8.71. The summed E-state index contributed by atoms with van der Waals surface area (Å²) in [6.07, 6.45) is 0.337. The third-order valence-corrected chi connectivity index (χ3v) is 20.4. The van der Waals surface area contributed by atoms with Crippen LogP contribution in [-0.2, 0) is 35.3 Å². The predicted octanol–water partition coefficient (Wildman–Crippen LogP) is 6.93. The van der Waals surface area contributed by atoms with E-state index in [1.54, 1.807) is 70.9 Å². The number of carbonyl (C=O) groups excluding carboxylic acids is 7. The number of aryl methyl sites for hydroxylation is 1. The van der Waals surface area contributed by atoms with Gasteiger partial charge in [0.25, 0.3) is 17.7 Å². The number of nitrogens with zero attached hydrogens (tertiary/aromatic N) is 8. The fourth-order valence-corrected chi connectivity index (χ4v) is 15.8. The second-order valence-electron chi connectivity index (χ2n) is 20.9. The van der Waals surface area contributed by atoms with E-state index in [-0.39, 0.29) is 59.3 Å². The molecule has 1 aromatic carbocycles. The Hall–Kier alpha value is -7.97. The summed E-state index contributed by atoms with van der Waals surface area (Å²) in [5, 5.41) is 35.3. The molecular weight excluding hydrogens is 1250 g/mol. The first kappa shape index (κ1) is 60.7. The van der Waals surface area contributed by atoms with Crippen molar-refractivity contribution >= 4 is 115 Å². The third kappa shape index (κ3) is 13.0. The first-order valence-electron chi connectivity index (χ1n) is 27.4. The van der Waals surface area contributed by atoms with Crippen molar-refractivity contribution in [1.82, 2.24) is 61.5 Å². The number of aliphatic hydroxyl groups excluding tert-OH is 1. The van der Waals surface area contributed by atoms with Crippen molar-refractivity contribution in [2.24, 2.45) is 28.5 Å². The fourth-order valence-electron chi connectivity index (χ4n) is 10.2. The minimum absolute atomic E-state index is 0.000160. The second kappa shape index (κ2) is 26.2. The predicted molar refractivity (Wildman–Crippen MR) is 328 cm³/mol. The number of fused-ring (bicyclic) bond motifs is 14. The van der Waals surface area contributed by atoms with Gasteiger partial charge in [-0.25, -0.2) is 39.9 Å². The summed E-state index contributed by atoms with van der Waals surface area (Å²) < 4.78 is 11.4. The molecule has 11 rings (SSSR count). The first-order chi connectivity index (χ1) is 41.9. The van der Waals surface area contributed by atoms with E-state index in [9.17, 15) is 38.7 Å². The van der Waals surface area contributed by atoms with E-state index in [4.69, 9.17) is 50.1 Å². The molecule has 7 aromatic heterocycles. The molecule has 1 aliphatic carbocycles. The molecule has 3 aliphatic rings. The summed E-state index contributed by atoms with van der Waals surface area (Å²) in [7, 11) is 2.94. The Balaban J connectivity index is 0.970. The van der Waals surface area contributed by atoms with Gasteiger partial charge in [-0.15, -0.1) is 68.0 Å². The Bertz CT molecular complexity index is 3980. The van der Waals surface area contributed by atoms with Gasteiger partial charge in [0.2, 0.25) is 23.6 Å². The average molecular weight is 1310 g/mol. The Kier molecular flexibility index (Phi) is 18.3. The van der Waals surface area contributed by atoms with E-state index in [0.29, 0.717) is 87.2 Å². The van der Waals surface area contributed by atoms with E-state index in [0.717, 1.165) is 17.8 Å². The molecule has 2 aliphatic heterocycles. The van der Waals surface area contributed by atoms with Crippen molar-refractivity contribution in [2.75, 3.05) is 27.3 Å². The summed E-state index contributed by atoms with van der Waals surface area (Å²) in [5.74, 6) is -4.68. The van der Waals surface area contributed by atoms with Crippen molar-refractivity contribution in [3.05, 3.63) is 117 Å². The fraction of sp³-hybridized carbons (Fsp3) is 0.351. The molecule has 6 amide bonds. The van der Waals surface area contributed by atoms with Gasteiger partial charge in [-0.05, 0) is 43.4 Å². The average Bonchev–Trinajstić information content (AvgIpc) is 2.59. The van der Waals surface area contributed by atoms with Gasteiger partial charge in [0, 0.05) is 58.0 Å². The van der Waals surface area contributed by atoms with Gasteiger partial charge in [-0.1, -0.05) is 50.6 Å². The molecule has 1 fully saturated rings. The van der Waals surface area contributed by atoms with Gasteiger partial charge in [-0.3, -0.25) is 33.6 Å². The van der Waals surface area contributed by atoms with Gasteiger partial charge in [-0.2, -0.15) is 0 Å². The van der Waals surface area contributed by atoms with Crippen LogP contribution in [0.5, 0.6) is 0 Å². The number of hydrogen-bond acceptors (Lipinski definition) is 24. The molecule has 8 N–H and O–H groups in total. The molecule has 9 heterocycles. The zero-order chi connectivity index (χ0) is 61.2. The Morgan fingerprint density at radius 3 is 2.18 bits per heavy atom. The zero-order valence-electron chi connectivity index (χ0n) is 47.1. The molecule has 1 saturated carbocycles. The number of benzene rings is 1. The van der Waals surface area contributed by atoms with Crippen molar-refractivity contribution in [3.63, 3.8) is 0 Å². The number of nitrogens with one attached hydrogen (secondary N) is 5. The van der Waals surface area contributed by atoms with Crippen LogP contribution in [-0.4, -0.2) is 120 Å². The number of pyridine rings is 1. The van der Waals surface area contributed by atoms with Crippen LogP contribution in [0.2, 0.25) is 0 Å². The highest BCUT2D eigenvalue weighted by atomic mass is 32.1. The van der Waals surface area contributed by atoms with Crippen molar-refractivity contribution < 1.29 is 48.1 Å². The largest absolute Gasteiger partial charge is 0.474 e. The minimum atomic E-state index is -1.28. The van der Waals surface area contributed by atoms with Crippen molar-refractivity contribution in [1.29, 1.82) is 0 Å². The number of hydrogen-bond donors (Lipinski definition) is 7. The smallest absolute Gasteiger partial charge is 0.271 e. The molecule has 8 aromatic rings. The monoisotopic (exact) mass is 1310 g/mol. The molecule has 87 heavy (non-hydrogen) atoms. The number of methoxy groups -OCH3 is 1. The van der Waals surface area contributed by atoms with Crippen LogP contribution in [0.15, 0.2) is 69.0 Å². The van der Waals surface area contributed by atoms with E-state index < -0.39 is 84.1 Å². The Morgan fingerprint density at radius 1 is 0.724 bits per heavy atom. The highest BCUT2D eigenvalue weighted by molar-refractivity contribution is 7.15. The van der Waals surface area contributed by atoms with Gasteiger partial charge >= 0.3 is 0 Å². The SMILES string of the molecule is CNC(=O)C[C@@H]1N[13C](=O)[13c]2cs[13c](n2)-[13c]2cc[13c](-[13c]3n[13c]([13C]4=N[13C@H]([13C](=O)C5CCC[C@H]5C(N)=O)CO4)cs3)n[13c]2-[13c]2cs[13c](n2)-[13c]2csc(n2)[C@H](C(O)c2ccccc2)N[13C](=O)[13CH2]N[13C](=O)[13c]2nc(sc2COC)[C@H](C(C)C)N[13C](=O)[13c]2nc1sc2C. The van der Waals surface area contributed by atoms with Crippen molar-refractivity contribution in [3.8, 4) is 43.4 Å². The topological polar surface area (TPSA) is 347 Å². The number of Topliss-reactive ketones (excluding diaryl/α,β-unsaturated/α-hetero) is 1. The number of ether oxygens (including phenoxy) is 2. The summed E-state index contributed by atoms with van der Waals surface area (Å²) in [4.78, 5) is 135. The quantitative estimate of drug-likeness (QED) is 0.0610. The van der Waals surface area contributed by atoms with E-state index in [1.807, 2.05) is 13.8 Å². The highest BCUT2D eigenvalue weighted by Gasteiger charge is 2.42. The number of aliphatic imine (C=N–C) groups is 1. The normalized spacial score (nSPS) is 20.4. The molecule has 2 unspecified atom stereocenters. The van der Waals surface area contributed by atoms with Gasteiger partial charge in [0.15, 0.2) is 5.78 Å². The number of rotatable bonds is 12. The van der Waals surface area contributed by atoms with Crippen LogP contribution < -0.4 is 32.3 Å². The molecule has 0 radical (unpaired) electrons. The van der Waals surface area contributed by atoms with Crippen LogP contribution >= 0.6 is 68.0 Å². The zero-order valence-corrected chi connectivity index (χ0v) is 52.0. The van der Waals surface area contributed by atoms with Crippen LogP contribution in [0.3, 0.4) is 0 Å². The molecular formula is C57H56N14O10S6. The lowest BCUT2D eigenvalue weighted by atomic mass is 10.0. The van der Waals surface area contributed by atoms with Crippen LogP contribution in [0, 0.1) is 24.7 Å². The Labute approximate surface area is 521 Å². The number of primary amides is 1. The number of amides is 6. The van der Waals surface area contributed by atoms with E-state index in [2.05, 4.69) is 31.6 Å². The van der Waals surface area contributed by atoms with E-state index in [1.165, 1.54) is 70.8 Å². The number of carbonyl (C=O) groups is 7. The van der Waals surface area contributed by atoms with Gasteiger partial charge in [0.1, 0.15) is 94.7 Å². The van der Waals surface area contributed by atoms with Crippen LogP contribution in [0.1, 0.15) is 131 Å². The van der Waals surface area contributed by atoms with E-state index >= 15 is 0 Å². The summed E-state index contributed by atoms with van der Waals surface area (Å²) in [5.41, 5.74) is 8.75. The Morgan fingerprint density at radius 2 is 1.43 bits per heavy atom. The molecule has 7 atom stereocenters. The minimum Gasteiger partial charge on any atom is -0.474 e. The van der Waals surface area contributed by atoms with Crippen molar-refractivity contribution in [2.45, 2.75) is 83.3 Å². The first-order valence-corrected chi connectivity index (χ1v) is 32.6. The summed E-state index contributed by atoms with van der Waals surface area (Å²) in [6.45, 7) is 4.96. The molecule has 0 spiro atoms. The maximum atomic E-state index is 14.4. The standard InChI is InChI=1S/C57H56N14O10S6/c1-24(2)40-57-71-43(37(87-57)19-80-5)49(78)60-17-39(73)68-44(45(74)26-10-7-6-8-11-26)56-67-36(23-85-56)54-64-33(20-83-54)42-29(52-65-34(21-82-52)48(77)62-31(16-38(72)59-4)55-70-41(25(3)86-55)50(79)69-40)14-15-30(61-42)53-66-35(22-84-53)51-63-32(18-81-51)46(75)27-12-9-13-28(27)47(58)76/h6-8,10-11,14-15,20-24,27-28,31-32,40,44-45,74H,9,12-13,16-19H2,1-5H3,(H2,58,76)(H,59,72)(H,60,78)(H,62,77)(H,68,73)(H,69,79)/t27?,28-,31+,32+,40+,44+,45?/m1/s1/i17+1,29+1,30+1,32+1,33+1,34+1,35+1,36+1,39+1,41+1,42+1,43+1,46+1,48+1,49+1,50+1,51+1,52+1,53+1,54+1. The third-order valence-electron chi connectivity index (χ3n) is 14.7. The lowest BCUT2D eigenvalue weighted by Gasteiger charge is -2.23.